The molecule has 1 aliphatic heterocycles. The molecule has 3 N–H and O–H groups in total. The van der Waals surface area contributed by atoms with Crippen molar-refractivity contribution in [2.75, 3.05) is 11.4 Å². The molecular formula is C26H32N6O2. The van der Waals surface area contributed by atoms with Crippen LogP contribution in [0.2, 0.25) is 0 Å². The number of nitrogens with one attached hydrogen (secondary N) is 3. The second kappa shape index (κ2) is 9.93. The summed E-state index contributed by atoms with van der Waals surface area (Å²) in [6.07, 6.45) is 10.5. The predicted molar refractivity (Wildman–Crippen MR) is 131 cm³/mol. The molecule has 1 saturated heterocycles. The summed E-state index contributed by atoms with van der Waals surface area (Å²) in [4.78, 5) is 41.5. The molecule has 3 heterocycles. The van der Waals surface area contributed by atoms with E-state index in [0.29, 0.717) is 11.3 Å². The number of hydrogen-bond donors (Lipinski definition) is 3. The van der Waals surface area contributed by atoms with E-state index in [1.165, 1.54) is 6.42 Å². The van der Waals surface area contributed by atoms with Crippen molar-refractivity contribution in [2.45, 2.75) is 70.0 Å². The molecule has 8 nitrogen and oxygen atoms in total. The molecule has 0 spiro atoms. The van der Waals surface area contributed by atoms with Crippen molar-refractivity contribution in [3.8, 4) is 0 Å². The predicted octanol–water partition coefficient (Wildman–Crippen LogP) is 3.54. The topological polar surface area (TPSA) is 103 Å². The van der Waals surface area contributed by atoms with Gasteiger partial charge in [-0.25, -0.2) is 4.98 Å². The van der Waals surface area contributed by atoms with Gasteiger partial charge < -0.3 is 15.6 Å². The summed E-state index contributed by atoms with van der Waals surface area (Å²) in [6, 6.07) is 8.39. The molecule has 2 aliphatic rings. The smallest absolute Gasteiger partial charge is 0.248 e. The summed E-state index contributed by atoms with van der Waals surface area (Å²) in [5, 5.41) is 6.57. The van der Waals surface area contributed by atoms with Crippen LogP contribution in [0.25, 0.3) is 11.0 Å². The maximum atomic E-state index is 13.9. The van der Waals surface area contributed by atoms with Gasteiger partial charge >= 0.3 is 0 Å². The van der Waals surface area contributed by atoms with Crippen LogP contribution in [-0.4, -0.2) is 45.4 Å². The molecule has 8 heteroatoms. The SMILES string of the molecule is Cc1nc2ccc(N(C(=O)[C@H]3CCCN3)C(C(=O)NC3CCCCC3)c3cccnc3)cc2[nH]1. The average molecular weight is 461 g/mol. The van der Waals surface area contributed by atoms with Crippen LogP contribution in [-0.2, 0) is 9.59 Å². The quantitative estimate of drug-likeness (QED) is 0.522. The zero-order valence-corrected chi connectivity index (χ0v) is 19.6. The molecule has 2 fully saturated rings. The van der Waals surface area contributed by atoms with Crippen molar-refractivity contribution < 1.29 is 9.59 Å². The molecule has 0 radical (unpaired) electrons. The van der Waals surface area contributed by atoms with Crippen molar-refractivity contribution >= 4 is 28.5 Å². The third-order valence-corrected chi connectivity index (χ3v) is 6.92. The number of fused-ring (bicyclic) bond motifs is 1. The number of H-pyrrole nitrogens is 1. The first-order chi connectivity index (χ1) is 16.6. The Kier molecular flexibility index (Phi) is 6.58. The summed E-state index contributed by atoms with van der Waals surface area (Å²) >= 11 is 0. The summed E-state index contributed by atoms with van der Waals surface area (Å²) in [5.74, 6) is 0.550. The van der Waals surface area contributed by atoms with E-state index < -0.39 is 6.04 Å². The van der Waals surface area contributed by atoms with Gasteiger partial charge in [0.2, 0.25) is 11.8 Å². The molecule has 2 aromatic heterocycles. The zero-order valence-electron chi connectivity index (χ0n) is 19.6. The third-order valence-electron chi connectivity index (χ3n) is 6.92. The van der Waals surface area contributed by atoms with Gasteiger partial charge in [0.15, 0.2) is 0 Å². The van der Waals surface area contributed by atoms with Crippen LogP contribution >= 0.6 is 0 Å². The number of anilines is 1. The molecule has 1 aromatic carbocycles. The maximum Gasteiger partial charge on any atom is 0.248 e. The van der Waals surface area contributed by atoms with E-state index in [9.17, 15) is 9.59 Å². The van der Waals surface area contributed by atoms with Gasteiger partial charge in [-0.2, -0.15) is 0 Å². The highest BCUT2D eigenvalue weighted by molar-refractivity contribution is 6.04. The molecule has 34 heavy (non-hydrogen) atoms. The number of hydrogen-bond acceptors (Lipinski definition) is 5. The van der Waals surface area contributed by atoms with Crippen LogP contribution in [0.5, 0.6) is 0 Å². The molecule has 2 amide bonds. The Labute approximate surface area is 199 Å². The number of aryl methyl sites for hydroxylation is 1. The van der Waals surface area contributed by atoms with Crippen LogP contribution in [0, 0.1) is 6.92 Å². The molecule has 1 aliphatic carbocycles. The molecular weight excluding hydrogens is 428 g/mol. The van der Waals surface area contributed by atoms with Crippen molar-refractivity contribution in [1.82, 2.24) is 25.6 Å². The van der Waals surface area contributed by atoms with Gasteiger partial charge in [-0.05, 0) is 63.4 Å². The second-order valence-electron chi connectivity index (χ2n) is 9.41. The van der Waals surface area contributed by atoms with E-state index in [1.54, 1.807) is 17.3 Å². The van der Waals surface area contributed by atoms with Crippen LogP contribution in [0.4, 0.5) is 5.69 Å². The lowest BCUT2D eigenvalue weighted by atomic mass is 9.94. The van der Waals surface area contributed by atoms with E-state index in [1.807, 2.05) is 37.3 Å². The molecule has 3 aromatic rings. The van der Waals surface area contributed by atoms with Crippen molar-refractivity contribution in [3.63, 3.8) is 0 Å². The molecule has 178 valence electrons. The Morgan fingerprint density at radius 1 is 1.12 bits per heavy atom. The Balaban J connectivity index is 1.57. The van der Waals surface area contributed by atoms with Crippen LogP contribution in [0.15, 0.2) is 42.7 Å². The lowest BCUT2D eigenvalue weighted by molar-refractivity contribution is -0.128. The van der Waals surface area contributed by atoms with E-state index in [-0.39, 0.29) is 23.9 Å². The highest BCUT2D eigenvalue weighted by Crippen LogP contribution is 2.32. The number of rotatable bonds is 6. The first-order valence-corrected chi connectivity index (χ1v) is 12.3. The highest BCUT2D eigenvalue weighted by atomic mass is 16.2. The van der Waals surface area contributed by atoms with Crippen LogP contribution in [0.3, 0.4) is 0 Å². The minimum Gasteiger partial charge on any atom is -0.351 e. The van der Waals surface area contributed by atoms with Crippen LogP contribution in [0.1, 0.15) is 62.4 Å². The van der Waals surface area contributed by atoms with E-state index >= 15 is 0 Å². The fourth-order valence-corrected chi connectivity index (χ4v) is 5.22. The van der Waals surface area contributed by atoms with Crippen molar-refractivity contribution in [3.05, 3.63) is 54.1 Å². The minimum atomic E-state index is -0.813. The number of nitrogens with zero attached hydrogens (tertiary/aromatic N) is 3. The second-order valence-corrected chi connectivity index (χ2v) is 9.41. The Morgan fingerprint density at radius 2 is 1.97 bits per heavy atom. The number of carbonyl (C=O) groups is 2. The summed E-state index contributed by atoms with van der Waals surface area (Å²) in [7, 11) is 0. The fraction of sp³-hybridized carbons (Fsp3) is 0.462. The summed E-state index contributed by atoms with van der Waals surface area (Å²) in [5.41, 5.74) is 3.03. The molecule has 2 atom stereocenters. The average Bonchev–Trinajstić information content (AvgIpc) is 3.52. The minimum absolute atomic E-state index is 0.0965. The molecule has 1 saturated carbocycles. The summed E-state index contributed by atoms with van der Waals surface area (Å²) in [6.45, 7) is 2.70. The van der Waals surface area contributed by atoms with Gasteiger partial charge in [-0.3, -0.25) is 19.5 Å². The van der Waals surface area contributed by atoms with Gasteiger partial charge in [0.25, 0.3) is 0 Å². The number of benzene rings is 1. The van der Waals surface area contributed by atoms with Gasteiger partial charge in [0, 0.05) is 29.7 Å². The Bertz CT molecular complexity index is 1150. The van der Waals surface area contributed by atoms with Gasteiger partial charge in [-0.1, -0.05) is 25.3 Å². The maximum absolute atomic E-state index is 13.9. The van der Waals surface area contributed by atoms with E-state index in [4.69, 9.17) is 0 Å². The largest absolute Gasteiger partial charge is 0.351 e. The lowest BCUT2D eigenvalue weighted by Gasteiger charge is -2.34. The first-order valence-electron chi connectivity index (χ1n) is 12.3. The normalized spacial score (nSPS) is 19.7. The van der Waals surface area contributed by atoms with Crippen LogP contribution < -0.4 is 15.5 Å². The number of pyridine rings is 1. The fourth-order valence-electron chi connectivity index (χ4n) is 5.22. The Morgan fingerprint density at radius 3 is 2.71 bits per heavy atom. The van der Waals surface area contributed by atoms with Crippen molar-refractivity contribution in [1.29, 1.82) is 0 Å². The molecule has 5 rings (SSSR count). The van der Waals surface area contributed by atoms with Gasteiger partial charge in [0.05, 0.1) is 17.1 Å². The zero-order chi connectivity index (χ0) is 23.5. The molecule has 0 bridgehead atoms. The number of carbonyl (C=O) groups excluding carboxylic acids is 2. The standard InChI is InChI=1S/C26H32N6O2/c1-17-29-21-12-11-20(15-23(21)30-17)32(26(34)22-10-6-14-28-22)24(18-7-5-13-27-16-18)25(33)31-19-8-3-2-4-9-19/h5,7,11-13,15-16,19,22,24,28H,2-4,6,8-10,14H2,1H3,(H,29,30)(H,31,33)/t22-,24?/m1/s1. The number of aromatic amines is 1. The van der Waals surface area contributed by atoms with E-state index in [0.717, 1.165) is 61.9 Å². The monoisotopic (exact) mass is 460 g/mol. The third kappa shape index (κ3) is 4.68. The Hall–Kier alpha value is -3.26. The van der Waals surface area contributed by atoms with Gasteiger partial charge in [0.1, 0.15) is 11.9 Å². The summed E-state index contributed by atoms with van der Waals surface area (Å²) < 4.78 is 0. The molecule has 1 unspecified atom stereocenters. The van der Waals surface area contributed by atoms with E-state index in [2.05, 4.69) is 25.6 Å². The number of imidazole rings is 1. The van der Waals surface area contributed by atoms with Gasteiger partial charge in [-0.15, -0.1) is 0 Å². The highest BCUT2D eigenvalue weighted by Gasteiger charge is 2.38. The number of amides is 2. The van der Waals surface area contributed by atoms with Crippen molar-refractivity contribution in [2.24, 2.45) is 0 Å². The number of aromatic nitrogens is 3. The lowest BCUT2D eigenvalue weighted by Crippen LogP contribution is -2.51. The first kappa shape index (κ1) is 22.5.